The van der Waals surface area contributed by atoms with Crippen LogP contribution in [0.15, 0.2) is 60.7 Å². The van der Waals surface area contributed by atoms with E-state index in [9.17, 15) is 14.3 Å². The predicted octanol–water partition coefficient (Wildman–Crippen LogP) is 5.52. The van der Waals surface area contributed by atoms with Gasteiger partial charge in [0, 0.05) is 59.5 Å². The molecule has 1 saturated heterocycles. The van der Waals surface area contributed by atoms with Crippen LogP contribution in [0.25, 0.3) is 33.2 Å². The highest BCUT2D eigenvalue weighted by molar-refractivity contribution is 6.34. The first-order chi connectivity index (χ1) is 17.0. The second-order valence-corrected chi connectivity index (χ2v) is 8.88. The van der Waals surface area contributed by atoms with Gasteiger partial charge in [-0.1, -0.05) is 54.9 Å². The number of nitrogens with zero attached hydrogens (tertiary/aromatic N) is 4. The lowest BCUT2D eigenvalue weighted by molar-refractivity contribution is -0.131. The highest BCUT2D eigenvalue weighted by Crippen LogP contribution is 2.42. The first-order valence-corrected chi connectivity index (χ1v) is 11.9. The summed E-state index contributed by atoms with van der Waals surface area (Å²) in [6.45, 7) is 4.31. The Labute approximate surface area is 207 Å². The molecule has 4 aromatic rings. The molecule has 0 bridgehead atoms. The molecule has 35 heavy (non-hydrogen) atoms. The number of halogens is 2. The second-order valence-electron chi connectivity index (χ2n) is 8.47. The van der Waals surface area contributed by atoms with Gasteiger partial charge >= 0.3 is 0 Å². The van der Waals surface area contributed by atoms with Gasteiger partial charge in [0.25, 0.3) is 0 Å². The van der Waals surface area contributed by atoms with E-state index in [4.69, 9.17) is 11.6 Å². The summed E-state index contributed by atoms with van der Waals surface area (Å²) in [5, 5.41) is 21.4. The molecular weight excluding hydrogens is 467 g/mol. The van der Waals surface area contributed by atoms with Crippen LogP contribution in [0.5, 0.6) is 5.75 Å². The summed E-state index contributed by atoms with van der Waals surface area (Å²) >= 11 is 6.68. The highest BCUT2D eigenvalue weighted by atomic mass is 35.5. The van der Waals surface area contributed by atoms with Crippen molar-refractivity contribution in [1.82, 2.24) is 15.1 Å². The Kier molecular flexibility index (Phi) is 6.26. The van der Waals surface area contributed by atoms with Crippen LogP contribution in [0.4, 0.5) is 10.2 Å². The van der Waals surface area contributed by atoms with Gasteiger partial charge in [-0.3, -0.25) is 4.79 Å². The molecule has 1 aliphatic rings. The maximum atomic E-state index is 14.8. The molecule has 5 rings (SSSR count). The van der Waals surface area contributed by atoms with Crippen LogP contribution in [-0.4, -0.2) is 52.3 Å². The fourth-order valence-electron chi connectivity index (χ4n) is 4.56. The molecular formula is C27H24ClFN4O2. The first-order valence-electron chi connectivity index (χ1n) is 11.5. The van der Waals surface area contributed by atoms with E-state index in [1.165, 1.54) is 18.2 Å². The number of amides is 1. The van der Waals surface area contributed by atoms with Crippen molar-refractivity contribution in [3.8, 4) is 28.1 Å². The summed E-state index contributed by atoms with van der Waals surface area (Å²) in [6, 6.07) is 17.3. The van der Waals surface area contributed by atoms with Crippen LogP contribution in [0.3, 0.4) is 0 Å². The molecule has 8 heteroatoms. The van der Waals surface area contributed by atoms with Gasteiger partial charge in [0.1, 0.15) is 17.3 Å². The van der Waals surface area contributed by atoms with E-state index in [0.717, 1.165) is 16.3 Å². The number of carbonyl (C=O) groups excluding carboxylic acids is 1. The Balaban J connectivity index is 1.67. The zero-order valence-electron chi connectivity index (χ0n) is 19.2. The second kappa shape index (κ2) is 9.50. The molecule has 1 aromatic heterocycles. The summed E-state index contributed by atoms with van der Waals surface area (Å²) in [5.41, 5.74) is 1.92. The maximum Gasteiger partial charge on any atom is 0.222 e. The zero-order chi connectivity index (χ0) is 24.5. The molecule has 0 spiro atoms. The van der Waals surface area contributed by atoms with Crippen molar-refractivity contribution < 1.29 is 14.3 Å². The number of fused-ring (bicyclic) bond motifs is 1. The average molecular weight is 491 g/mol. The van der Waals surface area contributed by atoms with Crippen molar-refractivity contribution in [2.45, 2.75) is 13.3 Å². The lowest BCUT2D eigenvalue weighted by atomic mass is 9.97. The number of hydrogen-bond acceptors (Lipinski definition) is 5. The molecule has 3 aromatic carbocycles. The molecule has 0 atom stereocenters. The quantitative estimate of drug-likeness (QED) is 0.408. The third-order valence-corrected chi connectivity index (χ3v) is 6.70. The van der Waals surface area contributed by atoms with E-state index in [1.54, 1.807) is 12.1 Å². The van der Waals surface area contributed by atoms with Gasteiger partial charge in [-0.05, 0) is 24.3 Å². The molecule has 0 radical (unpaired) electrons. The molecule has 0 saturated carbocycles. The van der Waals surface area contributed by atoms with Crippen LogP contribution in [0.1, 0.15) is 13.3 Å². The summed E-state index contributed by atoms with van der Waals surface area (Å²) in [5.74, 6) is 0.0461. The van der Waals surface area contributed by atoms with E-state index >= 15 is 0 Å². The lowest BCUT2D eigenvalue weighted by Gasteiger charge is -2.35. The standard InChI is InChI=1S/C27H24ClFN4O2/c1-2-24(35)32-11-13-33(14-12-32)27-19-16-21(28)20(25-22(29)9-6-10-23(25)34)15-18(19)26(30-31-27)17-7-4-3-5-8-17/h3-10,15-16,34H,2,11-14H2,1H3. The van der Waals surface area contributed by atoms with Gasteiger partial charge in [-0.15, -0.1) is 10.2 Å². The molecule has 1 amide bonds. The average Bonchev–Trinajstić information content (AvgIpc) is 2.88. The van der Waals surface area contributed by atoms with E-state index < -0.39 is 5.82 Å². The maximum absolute atomic E-state index is 14.8. The Bertz CT molecular complexity index is 1390. The molecule has 178 valence electrons. The number of benzene rings is 3. The van der Waals surface area contributed by atoms with Gasteiger partial charge in [-0.2, -0.15) is 0 Å². The molecule has 1 fully saturated rings. The number of carbonyl (C=O) groups is 1. The minimum atomic E-state index is -0.563. The molecule has 1 aliphatic heterocycles. The normalized spacial score (nSPS) is 13.9. The Morgan fingerprint density at radius 1 is 1.00 bits per heavy atom. The van der Waals surface area contributed by atoms with E-state index in [2.05, 4.69) is 15.1 Å². The lowest BCUT2D eigenvalue weighted by Crippen LogP contribution is -2.49. The third kappa shape index (κ3) is 4.28. The fraction of sp³-hybridized carbons (Fsp3) is 0.222. The van der Waals surface area contributed by atoms with Gasteiger partial charge in [0.05, 0.1) is 5.56 Å². The van der Waals surface area contributed by atoms with Gasteiger partial charge in [0.15, 0.2) is 5.82 Å². The number of rotatable bonds is 4. The number of hydrogen-bond donors (Lipinski definition) is 1. The van der Waals surface area contributed by atoms with Gasteiger partial charge < -0.3 is 14.9 Å². The molecule has 2 heterocycles. The summed E-state index contributed by atoms with van der Waals surface area (Å²) in [6.07, 6.45) is 0.482. The molecule has 0 unspecified atom stereocenters. The fourth-order valence-corrected chi connectivity index (χ4v) is 4.82. The van der Waals surface area contributed by atoms with Crippen molar-refractivity contribution in [2.24, 2.45) is 0 Å². The monoisotopic (exact) mass is 490 g/mol. The smallest absolute Gasteiger partial charge is 0.222 e. The summed E-state index contributed by atoms with van der Waals surface area (Å²) in [7, 11) is 0. The Morgan fingerprint density at radius 2 is 1.74 bits per heavy atom. The number of piperazine rings is 1. The SMILES string of the molecule is CCC(=O)N1CCN(c2nnc(-c3ccccc3)c3cc(-c4c(O)cccc4F)c(Cl)cc23)CC1. The number of phenolic OH excluding ortho intramolecular Hbond substituents is 1. The van der Waals surface area contributed by atoms with E-state index in [1.807, 2.05) is 42.2 Å². The number of aromatic hydroxyl groups is 1. The van der Waals surface area contributed by atoms with Crippen LogP contribution >= 0.6 is 11.6 Å². The number of aromatic nitrogens is 2. The van der Waals surface area contributed by atoms with Gasteiger partial charge in [-0.25, -0.2) is 4.39 Å². The first kappa shape index (κ1) is 23.1. The number of anilines is 1. The molecule has 0 aliphatic carbocycles. The zero-order valence-corrected chi connectivity index (χ0v) is 20.0. The van der Waals surface area contributed by atoms with Crippen molar-refractivity contribution in [1.29, 1.82) is 0 Å². The van der Waals surface area contributed by atoms with Crippen LogP contribution in [0.2, 0.25) is 5.02 Å². The van der Waals surface area contributed by atoms with E-state index in [-0.39, 0.29) is 17.2 Å². The third-order valence-electron chi connectivity index (χ3n) is 6.39. The number of phenols is 1. The minimum absolute atomic E-state index is 0.0449. The topological polar surface area (TPSA) is 69.6 Å². The Hall–Kier alpha value is -3.71. The molecule has 6 nitrogen and oxygen atoms in total. The van der Waals surface area contributed by atoms with Crippen molar-refractivity contribution in [2.75, 3.05) is 31.1 Å². The Morgan fingerprint density at radius 3 is 2.43 bits per heavy atom. The van der Waals surface area contributed by atoms with Gasteiger partial charge in [0.2, 0.25) is 5.91 Å². The van der Waals surface area contributed by atoms with Crippen LogP contribution in [-0.2, 0) is 4.79 Å². The van der Waals surface area contributed by atoms with Crippen LogP contribution < -0.4 is 4.90 Å². The largest absolute Gasteiger partial charge is 0.507 e. The van der Waals surface area contributed by atoms with Crippen molar-refractivity contribution >= 4 is 34.1 Å². The summed E-state index contributed by atoms with van der Waals surface area (Å²) < 4.78 is 14.8. The van der Waals surface area contributed by atoms with E-state index in [0.29, 0.717) is 54.7 Å². The summed E-state index contributed by atoms with van der Waals surface area (Å²) in [4.78, 5) is 16.1. The highest BCUT2D eigenvalue weighted by Gasteiger charge is 2.25. The predicted molar refractivity (Wildman–Crippen MR) is 136 cm³/mol. The van der Waals surface area contributed by atoms with Crippen LogP contribution in [0, 0.1) is 5.82 Å². The van der Waals surface area contributed by atoms with Crippen molar-refractivity contribution in [3.63, 3.8) is 0 Å². The molecule has 1 N–H and O–H groups in total. The van der Waals surface area contributed by atoms with Crippen molar-refractivity contribution in [3.05, 3.63) is 71.5 Å². The minimum Gasteiger partial charge on any atom is -0.507 e.